The maximum absolute atomic E-state index is 13.2. The number of rotatable bonds is 9. The van der Waals surface area contributed by atoms with Crippen LogP contribution in [0.2, 0.25) is 0 Å². The highest BCUT2D eigenvalue weighted by Crippen LogP contribution is 2.40. The quantitative estimate of drug-likeness (QED) is 0.334. The van der Waals surface area contributed by atoms with Crippen molar-refractivity contribution in [3.63, 3.8) is 0 Å². The Kier molecular flexibility index (Phi) is 8.21. The SMILES string of the molecule is CCCOc1ccc(C(O)=C2C(=O)C(=O)N(CCCN3CCOCC3)[C@H]2c2ccccc2)c(C)c1. The molecule has 0 saturated carbocycles. The predicted molar refractivity (Wildman–Crippen MR) is 134 cm³/mol. The molecule has 0 aromatic heterocycles. The maximum atomic E-state index is 13.2. The van der Waals surface area contributed by atoms with E-state index in [-0.39, 0.29) is 11.3 Å². The van der Waals surface area contributed by atoms with Crippen LogP contribution in [0, 0.1) is 6.92 Å². The molecule has 1 amide bonds. The minimum absolute atomic E-state index is 0.137. The Morgan fingerprint density at radius 1 is 1.09 bits per heavy atom. The minimum atomic E-state index is -0.645. The van der Waals surface area contributed by atoms with Crippen molar-refractivity contribution in [2.75, 3.05) is 46.0 Å². The molecule has 2 aromatic rings. The average Bonchev–Trinajstić information content (AvgIpc) is 3.13. The fourth-order valence-corrected chi connectivity index (χ4v) is 4.74. The van der Waals surface area contributed by atoms with E-state index in [1.807, 2.05) is 50.2 Å². The maximum Gasteiger partial charge on any atom is 0.295 e. The van der Waals surface area contributed by atoms with Gasteiger partial charge in [0.15, 0.2) is 0 Å². The Hall–Kier alpha value is -3.16. The summed E-state index contributed by atoms with van der Waals surface area (Å²) in [6.07, 6.45) is 1.63. The number of benzene rings is 2. The van der Waals surface area contributed by atoms with Crippen LogP contribution in [0.5, 0.6) is 5.75 Å². The molecule has 0 aliphatic carbocycles. The van der Waals surface area contributed by atoms with E-state index in [2.05, 4.69) is 4.90 Å². The molecule has 4 rings (SSSR count). The third-order valence-corrected chi connectivity index (χ3v) is 6.56. The second-order valence-electron chi connectivity index (χ2n) is 9.04. The van der Waals surface area contributed by atoms with Crippen molar-refractivity contribution in [2.45, 2.75) is 32.7 Å². The van der Waals surface area contributed by atoms with Gasteiger partial charge >= 0.3 is 0 Å². The van der Waals surface area contributed by atoms with E-state index in [0.717, 1.165) is 56.8 Å². The normalized spacial score (nSPS) is 20.4. The van der Waals surface area contributed by atoms with Crippen LogP contribution in [0.15, 0.2) is 54.1 Å². The Balaban J connectivity index is 1.65. The van der Waals surface area contributed by atoms with Crippen molar-refractivity contribution >= 4 is 17.4 Å². The van der Waals surface area contributed by atoms with Crippen LogP contribution in [-0.2, 0) is 14.3 Å². The number of amides is 1. The third kappa shape index (κ3) is 5.57. The molecule has 7 heteroatoms. The molecule has 35 heavy (non-hydrogen) atoms. The van der Waals surface area contributed by atoms with Crippen molar-refractivity contribution < 1.29 is 24.2 Å². The van der Waals surface area contributed by atoms with Gasteiger partial charge in [-0.25, -0.2) is 0 Å². The third-order valence-electron chi connectivity index (χ3n) is 6.56. The van der Waals surface area contributed by atoms with Crippen molar-refractivity contribution in [2.24, 2.45) is 0 Å². The first-order valence-corrected chi connectivity index (χ1v) is 12.4. The standard InChI is InChI=1S/C28H34N2O5/c1-3-16-35-22-10-11-23(20(2)19-22)26(31)24-25(21-8-5-4-6-9-21)30(28(33)27(24)32)13-7-12-29-14-17-34-18-15-29/h4-6,8-11,19,25,31H,3,7,12-18H2,1-2H3/t25-/m0/s1. The van der Waals surface area contributed by atoms with Crippen molar-refractivity contribution in [3.05, 3.63) is 70.8 Å². The molecule has 2 aliphatic rings. The summed E-state index contributed by atoms with van der Waals surface area (Å²) in [7, 11) is 0. The number of likely N-dealkylation sites (tertiary alicyclic amines) is 1. The first-order valence-electron chi connectivity index (χ1n) is 12.4. The van der Waals surface area contributed by atoms with Gasteiger partial charge in [-0.1, -0.05) is 37.3 Å². The van der Waals surface area contributed by atoms with Gasteiger partial charge in [0.2, 0.25) is 0 Å². The van der Waals surface area contributed by atoms with Crippen LogP contribution in [0.1, 0.15) is 42.5 Å². The van der Waals surface area contributed by atoms with E-state index >= 15 is 0 Å². The molecular formula is C28H34N2O5. The van der Waals surface area contributed by atoms with Crippen molar-refractivity contribution in [1.29, 1.82) is 0 Å². The molecular weight excluding hydrogens is 444 g/mol. The molecule has 2 heterocycles. The number of hydrogen-bond donors (Lipinski definition) is 1. The van der Waals surface area contributed by atoms with Gasteiger partial charge in [-0.15, -0.1) is 0 Å². The molecule has 7 nitrogen and oxygen atoms in total. The van der Waals surface area contributed by atoms with E-state index in [1.54, 1.807) is 17.0 Å². The largest absolute Gasteiger partial charge is 0.507 e. The van der Waals surface area contributed by atoms with Gasteiger partial charge in [0.1, 0.15) is 11.5 Å². The van der Waals surface area contributed by atoms with Gasteiger partial charge in [0.25, 0.3) is 11.7 Å². The molecule has 2 fully saturated rings. The Labute approximate surface area is 206 Å². The van der Waals surface area contributed by atoms with Gasteiger partial charge in [0, 0.05) is 31.7 Å². The van der Waals surface area contributed by atoms with Gasteiger partial charge < -0.3 is 19.5 Å². The zero-order valence-corrected chi connectivity index (χ0v) is 20.5. The first kappa shape index (κ1) is 24.9. The lowest BCUT2D eigenvalue weighted by Gasteiger charge is -2.29. The fraction of sp³-hybridized carbons (Fsp3) is 0.429. The lowest BCUT2D eigenvalue weighted by Crippen LogP contribution is -2.38. The van der Waals surface area contributed by atoms with Crippen LogP contribution >= 0.6 is 0 Å². The first-order chi connectivity index (χ1) is 17.0. The Morgan fingerprint density at radius 3 is 2.51 bits per heavy atom. The number of carbonyl (C=O) groups is 2. The summed E-state index contributed by atoms with van der Waals surface area (Å²) in [5.41, 5.74) is 2.25. The highest BCUT2D eigenvalue weighted by molar-refractivity contribution is 6.46. The fourth-order valence-electron chi connectivity index (χ4n) is 4.74. The van der Waals surface area contributed by atoms with Crippen LogP contribution in [0.4, 0.5) is 0 Å². The molecule has 0 radical (unpaired) electrons. The number of ketones is 1. The lowest BCUT2D eigenvalue weighted by molar-refractivity contribution is -0.140. The second-order valence-corrected chi connectivity index (χ2v) is 9.04. The molecule has 1 N–H and O–H groups in total. The van der Waals surface area contributed by atoms with Crippen molar-refractivity contribution in [1.82, 2.24) is 9.80 Å². The Bertz CT molecular complexity index is 1080. The Morgan fingerprint density at radius 2 is 1.83 bits per heavy atom. The summed E-state index contributed by atoms with van der Waals surface area (Å²) in [5.74, 6) is -0.645. The molecule has 1 atom stereocenters. The van der Waals surface area contributed by atoms with Gasteiger partial charge in [-0.3, -0.25) is 14.5 Å². The molecule has 2 aromatic carbocycles. The zero-order chi connectivity index (χ0) is 24.8. The minimum Gasteiger partial charge on any atom is -0.507 e. The number of aliphatic hydroxyl groups is 1. The monoisotopic (exact) mass is 478 g/mol. The van der Waals surface area contributed by atoms with Crippen molar-refractivity contribution in [3.8, 4) is 5.75 Å². The van der Waals surface area contributed by atoms with E-state index < -0.39 is 17.7 Å². The summed E-state index contributed by atoms with van der Waals surface area (Å²) in [6.45, 7) is 8.95. The predicted octanol–water partition coefficient (Wildman–Crippen LogP) is 3.93. The number of ether oxygens (including phenoxy) is 2. The topological polar surface area (TPSA) is 79.3 Å². The molecule has 186 valence electrons. The number of aryl methyl sites for hydroxylation is 1. The molecule has 2 aliphatic heterocycles. The number of morpholine rings is 1. The van der Waals surface area contributed by atoms with Crippen LogP contribution in [-0.4, -0.2) is 72.6 Å². The smallest absolute Gasteiger partial charge is 0.295 e. The second kappa shape index (κ2) is 11.5. The summed E-state index contributed by atoms with van der Waals surface area (Å²) < 4.78 is 11.1. The van der Waals surface area contributed by atoms with E-state index in [1.165, 1.54) is 0 Å². The highest BCUT2D eigenvalue weighted by Gasteiger charge is 2.45. The summed E-state index contributed by atoms with van der Waals surface area (Å²) in [5, 5.41) is 11.4. The van der Waals surface area contributed by atoms with Gasteiger partial charge in [-0.2, -0.15) is 0 Å². The summed E-state index contributed by atoms with van der Waals surface area (Å²) in [6, 6.07) is 14.2. The number of hydrogen-bond acceptors (Lipinski definition) is 6. The number of carbonyl (C=O) groups excluding carboxylic acids is 2. The lowest BCUT2D eigenvalue weighted by atomic mass is 9.94. The molecule has 0 bridgehead atoms. The average molecular weight is 479 g/mol. The summed E-state index contributed by atoms with van der Waals surface area (Å²) >= 11 is 0. The molecule has 2 saturated heterocycles. The summed E-state index contributed by atoms with van der Waals surface area (Å²) in [4.78, 5) is 30.3. The zero-order valence-electron chi connectivity index (χ0n) is 20.5. The molecule has 0 unspecified atom stereocenters. The number of Topliss-reactive ketones (excluding diaryl/α,β-unsaturated/α-hetero) is 1. The highest BCUT2D eigenvalue weighted by atomic mass is 16.5. The van der Waals surface area contributed by atoms with Gasteiger partial charge in [0.05, 0.1) is 31.4 Å². The number of nitrogens with zero attached hydrogens (tertiary/aromatic N) is 2. The van der Waals surface area contributed by atoms with E-state index in [0.29, 0.717) is 24.5 Å². The molecule has 0 spiro atoms. The van der Waals surface area contributed by atoms with Gasteiger partial charge in [-0.05, 0) is 49.1 Å². The van der Waals surface area contributed by atoms with Crippen LogP contribution < -0.4 is 4.74 Å². The van der Waals surface area contributed by atoms with Crippen LogP contribution in [0.3, 0.4) is 0 Å². The van der Waals surface area contributed by atoms with Crippen LogP contribution in [0.25, 0.3) is 5.76 Å². The van der Waals surface area contributed by atoms with E-state index in [4.69, 9.17) is 9.47 Å². The van der Waals surface area contributed by atoms with E-state index in [9.17, 15) is 14.7 Å². The number of aliphatic hydroxyl groups excluding tert-OH is 1.